The zero-order valence-corrected chi connectivity index (χ0v) is 67.2. The molecular formula is C82H93Cl4N11O3S4. The molecular weight excluding hydrogens is 1460 g/mol. The van der Waals surface area contributed by atoms with Crippen molar-refractivity contribution in [2.45, 2.75) is 155 Å². The van der Waals surface area contributed by atoms with E-state index in [1.54, 1.807) is 41.4 Å². The number of nitriles is 4. The van der Waals surface area contributed by atoms with Gasteiger partial charge in [-0.2, -0.15) is 21.0 Å². The molecule has 0 saturated carbocycles. The Kier molecular flexibility index (Phi) is 31.8. The van der Waals surface area contributed by atoms with Crippen molar-refractivity contribution in [3.8, 4) is 35.8 Å². The fourth-order valence-electron chi connectivity index (χ4n) is 13.4. The van der Waals surface area contributed by atoms with Crippen LogP contribution in [0.1, 0.15) is 107 Å². The van der Waals surface area contributed by atoms with Crippen molar-refractivity contribution in [1.29, 1.82) is 21.0 Å². The fraction of sp³-hybridized carbons (Fsp3) is 0.366. The van der Waals surface area contributed by atoms with Crippen LogP contribution >= 0.6 is 82.5 Å². The average molecular weight is 1550 g/mol. The highest BCUT2D eigenvalue weighted by molar-refractivity contribution is 8.00. The molecule has 4 aliphatic rings. The van der Waals surface area contributed by atoms with Gasteiger partial charge in [0.1, 0.15) is 11.5 Å². The number of hydrogen-bond acceptors (Lipinski definition) is 17. The molecule has 0 aromatic heterocycles. The van der Waals surface area contributed by atoms with Crippen LogP contribution in [0.5, 0.6) is 11.5 Å². The van der Waals surface area contributed by atoms with Crippen LogP contribution in [0.15, 0.2) is 175 Å². The van der Waals surface area contributed by atoms with E-state index in [1.807, 2.05) is 111 Å². The lowest BCUT2D eigenvalue weighted by molar-refractivity contribution is 0.165. The third kappa shape index (κ3) is 26.4. The van der Waals surface area contributed by atoms with Gasteiger partial charge in [0.05, 0.1) is 58.0 Å². The fourth-order valence-corrected chi connectivity index (χ4v) is 19.0. The topological polar surface area (TPSA) is 188 Å². The van der Waals surface area contributed by atoms with Gasteiger partial charge in [-0.05, 0) is 253 Å². The summed E-state index contributed by atoms with van der Waals surface area (Å²) in [6, 6.07) is 59.0. The van der Waals surface area contributed by atoms with Crippen LogP contribution in [0.25, 0.3) is 0 Å². The van der Waals surface area contributed by atoms with Crippen molar-refractivity contribution in [3.63, 3.8) is 0 Å². The van der Waals surface area contributed by atoms with E-state index in [2.05, 4.69) is 158 Å². The molecule has 8 aromatic rings. The van der Waals surface area contributed by atoms with Crippen molar-refractivity contribution >= 4 is 92.3 Å². The molecule has 5 unspecified atom stereocenters. The van der Waals surface area contributed by atoms with E-state index in [0.29, 0.717) is 77.8 Å². The van der Waals surface area contributed by atoms with Gasteiger partial charge in [-0.25, -0.2) is 8.42 Å². The summed E-state index contributed by atoms with van der Waals surface area (Å²) < 4.78 is 29.4. The first-order chi connectivity index (χ1) is 49.2. The van der Waals surface area contributed by atoms with Crippen LogP contribution in [0.4, 0.5) is 0 Å². The van der Waals surface area contributed by atoms with Crippen LogP contribution in [-0.4, -0.2) is 129 Å². The molecule has 14 nitrogen and oxygen atoms in total. The number of rotatable bonds is 16. The van der Waals surface area contributed by atoms with Crippen LogP contribution in [-0.2, 0) is 36.0 Å². The zero-order chi connectivity index (χ0) is 73.9. The third-order valence-corrected chi connectivity index (χ3v) is 23.2. The normalized spacial score (nSPS) is 18.9. The molecule has 5 atom stereocenters. The number of nitrogens with one attached hydrogen (secondary N) is 3. The minimum atomic E-state index is -2.91. The van der Waals surface area contributed by atoms with Gasteiger partial charge >= 0.3 is 0 Å². The molecule has 12 rings (SSSR count). The highest BCUT2D eigenvalue weighted by Crippen LogP contribution is 2.38. The number of aryl methyl sites for hydroxylation is 5. The van der Waals surface area contributed by atoms with E-state index in [-0.39, 0.29) is 23.9 Å². The number of halogens is 4. The van der Waals surface area contributed by atoms with Gasteiger partial charge in [0.2, 0.25) is 0 Å². The quantitative estimate of drug-likeness (QED) is 0.0828. The SMILES string of the molecule is Cc1cc(C)cc(Oc2ccc(C#N)cc2CN2CCS(=O)(=O)CC2)c1.Cc1cc(Cl)cc(Sc2ccc(C#N)cc2CN2CC(C)NC(C)C2)c1.Cc1cc(Cl)cc(Sc2ccc(C#N)cc2CN2CC(C)NC(C)C2)c1.Cc1cc(Cl)cc(Sc2ccc(C#N)cc2CN2CCNC(C)C2)c1.Cl. The maximum atomic E-state index is 11.6. The van der Waals surface area contributed by atoms with Crippen LogP contribution in [0.2, 0.25) is 15.1 Å². The molecule has 4 aliphatic heterocycles. The smallest absolute Gasteiger partial charge is 0.152 e. The molecule has 8 aromatic carbocycles. The van der Waals surface area contributed by atoms with Crippen LogP contribution in [0, 0.1) is 79.9 Å². The monoisotopic (exact) mass is 1550 g/mol. The number of nitrogens with zero attached hydrogens (tertiary/aromatic N) is 8. The summed E-state index contributed by atoms with van der Waals surface area (Å²) >= 11 is 23.8. The predicted octanol–water partition coefficient (Wildman–Crippen LogP) is 17.8. The summed E-state index contributed by atoms with van der Waals surface area (Å²) in [7, 11) is -2.91. The minimum absolute atomic E-state index is 0. The predicted molar refractivity (Wildman–Crippen MR) is 430 cm³/mol. The van der Waals surface area contributed by atoms with Gasteiger partial charge in [0.15, 0.2) is 9.84 Å². The molecule has 546 valence electrons. The van der Waals surface area contributed by atoms with Crippen molar-refractivity contribution in [2.24, 2.45) is 0 Å². The molecule has 3 N–H and O–H groups in total. The van der Waals surface area contributed by atoms with E-state index in [9.17, 15) is 29.5 Å². The first-order valence-electron chi connectivity index (χ1n) is 34.8. The molecule has 22 heteroatoms. The van der Waals surface area contributed by atoms with Gasteiger partial charge in [0.25, 0.3) is 0 Å². The highest BCUT2D eigenvalue weighted by atomic mass is 35.5. The summed E-state index contributed by atoms with van der Waals surface area (Å²) in [5.41, 5.74) is 12.9. The van der Waals surface area contributed by atoms with Crippen LogP contribution < -0.4 is 20.7 Å². The number of piperazine rings is 3. The summed E-state index contributed by atoms with van der Waals surface area (Å²) in [6.45, 7) is 32.6. The van der Waals surface area contributed by atoms with E-state index in [4.69, 9.17) is 39.5 Å². The third-order valence-electron chi connectivity index (χ3n) is 17.6. The molecule has 4 saturated heterocycles. The van der Waals surface area contributed by atoms with Gasteiger partial charge in [-0.15, -0.1) is 12.4 Å². The van der Waals surface area contributed by atoms with E-state index in [0.717, 1.165) is 134 Å². The Hall–Kier alpha value is -6.60. The standard InChI is InChI=1S/2C21H24ClN3S.C20H22ClN3S.C20H22N2O3S.ClH/c2*1-14-6-19(22)9-20(7-14)26-21-5-4-17(10-23)8-18(21)13-25-11-15(2)24-16(3)12-25;1-14-7-18(21)10-19(8-14)25-20-4-3-16(11-22)9-17(20)13-24-6-5-23-15(2)12-24;1-15-9-16(2)11-19(10-15)25-20-4-3-17(13-21)12-18(20)14-22-5-7-26(23,24)8-6-22;/h2*4-9,15-16,24H,11-13H2,1-3H3;3-4,7-10,15,23H,5-6,12-13H2,1-2H3;3-4,9-12H,5-8,14H2,1-2H3;1H. The van der Waals surface area contributed by atoms with Crippen molar-refractivity contribution in [1.82, 2.24) is 35.6 Å². The van der Waals surface area contributed by atoms with E-state index in [1.165, 1.54) is 31.4 Å². The molecule has 0 amide bonds. The number of benzene rings is 8. The summed E-state index contributed by atoms with van der Waals surface area (Å²) in [5, 5.41) is 50.0. The maximum absolute atomic E-state index is 11.6. The number of hydrogen-bond donors (Lipinski definition) is 3. The summed E-state index contributed by atoms with van der Waals surface area (Å²) in [4.78, 5) is 16.4. The lowest BCUT2D eigenvalue weighted by Crippen LogP contribution is -2.53. The Morgan fingerprint density at radius 2 is 0.760 bits per heavy atom. The first-order valence-corrected chi connectivity index (χ1v) is 40.2. The lowest BCUT2D eigenvalue weighted by atomic mass is 10.1. The highest BCUT2D eigenvalue weighted by Gasteiger charge is 2.26. The second kappa shape index (κ2) is 39.8. The Bertz CT molecular complexity index is 4320. The van der Waals surface area contributed by atoms with Crippen LogP contribution in [0.3, 0.4) is 0 Å². The Morgan fingerprint density at radius 3 is 1.12 bits per heavy atom. The van der Waals surface area contributed by atoms with E-state index < -0.39 is 9.84 Å². The maximum Gasteiger partial charge on any atom is 0.152 e. The Morgan fingerprint density at radius 1 is 0.423 bits per heavy atom. The van der Waals surface area contributed by atoms with Gasteiger partial charge in [0, 0.05) is 165 Å². The van der Waals surface area contributed by atoms with Crippen molar-refractivity contribution in [3.05, 3.63) is 233 Å². The second-order valence-electron chi connectivity index (χ2n) is 27.7. The Labute approximate surface area is 651 Å². The zero-order valence-electron chi connectivity index (χ0n) is 60.8. The largest absolute Gasteiger partial charge is 0.457 e. The molecule has 0 bridgehead atoms. The molecule has 104 heavy (non-hydrogen) atoms. The molecule has 0 spiro atoms. The second-order valence-corrected chi connectivity index (χ2v) is 34.7. The number of ether oxygens (including phenoxy) is 1. The van der Waals surface area contributed by atoms with Crippen molar-refractivity contribution < 1.29 is 13.2 Å². The first kappa shape index (κ1) is 83.0. The molecule has 0 radical (unpaired) electrons. The van der Waals surface area contributed by atoms with Gasteiger partial charge < -0.3 is 20.7 Å². The molecule has 4 heterocycles. The summed E-state index contributed by atoms with van der Waals surface area (Å²) in [6.07, 6.45) is 0. The molecule has 4 fully saturated rings. The van der Waals surface area contributed by atoms with Gasteiger partial charge in [-0.1, -0.05) is 76.2 Å². The van der Waals surface area contributed by atoms with E-state index >= 15 is 0 Å². The number of sulfone groups is 1. The Balaban J connectivity index is 0.000000175. The van der Waals surface area contributed by atoms with Gasteiger partial charge in [-0.3, -0.25) is 19.6 Å². The average Bonchev–Trinajstić information content (AvgIpc) is 0.839. The van der Waals surface area contributed by atoms with Crippen molar-refractivity contribution in [2.75, 3.05) is 70.4 Å². The molecule has 0 aliphatic carbocycles. The lowest BCUT2D eigenvalue weighted by Gasteiger charge is -2.36. The summed E-state index contributed by atoms with van der Waals surface area (Å²) in [5.74, 6) is 1.81. The minimum Gasteiger partial charge on any atom is -0.457 e.